The monoisotopic (exact) mass is 373 g/mol. The maximum Gasteiger partial charge on any atom is 0.437 e. The van der Waals surface area contributed by atoms with E-state index in [2.05, 4.69) is 15.2 Å². The standard InChI is InChI=1S/C17H15N3O5S/c1-24-16(22)11-5-2-3-6-12(11)18-14(21)8-9-20-17(23)25-15(19-20)13-7-4-10-26-13/h2-7,10H,8-9H2,1H3,(H,18,21). The topological polar surface area (TPSA) is 103 Å². The lowest BCUT2D eigenvalue weighted by molar-refractivity contribution is -0.116. The first-order valence-corrected chi connectivity index (χ1v) is 8.55. The number of hydrogen-bond acceptors (Lipinski definition) is 7. The molecule has 1 aromatic carbocycles. The lowest BCUT2D eigenvalue weighted by Gasteiger charge is -2.09. The molecule has 26 heavy (non-hydrogen) atoms. The predicted octanol–water partition coefficient (Wildman–Crippen LogP) is 2.38. The number of anilines is 1. The summed E-state index contributed by atoms with van der Waals surface area (Å²) in [5.74, 6) is -1.32. The third-order valence-electron chi connectivity index (χ3n) is 3.50. The SMILES string of the molecule is COC(=O)c1ccccc1NC(=O)CCn1nc(-c2cccs2)oc1=O. The van der Waals surface area contributed by atoms with Gasteiger partial charge >= 0.3 is 11.7 Å². The zero-order valence-corrected chi connectivity index (χ0v) is 14.6. The Morgan fingerprint density at radius 1 is 1.27 bits per heavy atom. The summed E-state index contributed by atoms with van der Waals surface area (Å²) in [6.45, 7) is 0.0555. The Morgan fingerprint density at radius 2 is 2.08 bits per heavy atom. The maximum absolute atomic E-state index is 12.2. The Bertz CT molecular complexity index is 974. The molecule has 0 saturated heterocycles. The van der Waals surface area contributed by atoms with Gasteiger partial charge in [0.1, 0.15) is 0 Å². The highest BCUT2D eigenvalue weighted by Crippen LogP contribution is 2.21. The highest BCUT2D eigenvalue weighted by atomic mass is 32.1. The van der Waals surface area contributed by atoms with Gasteiger partial charge in [-0.05, 0) is 23.6 Å². The Hall–Kier alpha value is -3.20. The van der Waals surface area contributed by atoms with Gasteiger partial charge < -0.3 is 14.5 Å². The number of methoxy groups -OCH3 is 1. The average Bonchev–Trinajstić information content (AvgIpc) is 3.29. The highest BCUT2D eigenvalue weighted by Gasteiger charge is 2.15. The van der Waals surface area contributed by atoms with Crippen molar-refractivity contribution in [1.29, 1.82) is 0 Å². The van der Waals surface area contributed by atoms with Crippen LogP contribution < -0.4 is 11.1 Å². The minimum absolute atomic E-state index is 0.00811. The fraction of sp³-hybridized carbons (Fsp3) is 0.176. The number of rotatable bonds is 6. The largest absolute Gasteiger partial charge is 0.465 e. The van der Waals surface area contributed by atoms with E-state index >= 15 is 0 Å². The molecular formula is C17H15N3O5S. The first-order chi connectivity index (χ1) is 12.6. The Labute approximate surface area is 152 Å². The number of nitrogens with one attached hydrogen (secondary N) is 1. The molecule has 8 nitrogen and oxygen atoms in total. The molecule has 3 rings (SSSR count). The van der Waals surface area contributed by atoms with Gasteiger partial charge in [-0.25, -0.2) is 9.59 Å². The number of aromatic nitrogens is 2. The summed E-state index contributed by atoms with van der Waals surface area (Å²) in [4.78, 5) is 36.4. The second kappa shape index (κ2) is 7.79. The molecule has 0 spiro atoms. The summed E-state index contributed by atoms with van der Waals surface area (Å²) >= 11 is 1.40. The third kappa shape index (κ3) is 3.89. The van der Waals surface area contributed by atoms with E-state index < -0.39 is 11.7 Å². The molecule has 134 valence electrons. The molecule has 0 unspecified atom stereocenters. The van der Waals surface area contributed by atoms with Crippen LogP contribution in [0.5, 0.6) is 0 Å². The molecule has 0 atom stereocenters. The van der Waals surface area contributed by atoms with Crippen molar-refractivity contribution in [2.75, 3.05) is 12.4 Å². The van der Waals surface area contributed by atoms with E-state index in [0.29, 0.717) is 5.69 Å². The zero-order valence-electron chi connectivity index (χ0n) is 13.8. The van der Waals surface area contributed by atoms with Gasteiger partial charge in [-0.1, -0.05) is 18.2 Å². The van der Waals surface area contributed by atoms with E-state index in [4.69, 9.17) is 4.42 Å². The molecule has 0 bridgehead atoms. The van der Waals surface area contributed by atoms with Gasteiger partial charge in [-0.2, -0.15) is 4.68 Å². The molecule has 0 aliphatic carbocycles. The number of hydrogen-bond donors (Lipinski definition) is 1. The number of para-hydroxylation sites is 1. The lowest BCUT2D eigenvalue weighted by atomic mass is 10.1. The first kappa shape index (κ1) is 17.6. The van der Waals surface area contributed by atoms with Crippen molar-refractivity contribution >= 4 is 28.9 Å². The van der Waals surface area contributed by atoms with Crippen LogP contribution in [-0.4, -0.2) is 28.8 Å². The van der Waals surface area contributed by atoms with E-state index in [-0.39, 0.29) is 30.3 Å². The van der Waals surface area contributed by atoms with E-state index in [1.807, 2.05) is 11.4 Å². The molecule has 1 N–H and O–H groups in total. The summed E-state index contributed by atoms with van der Waals surface area (Å²) in [5, 5.41) is 8.57. The average molecular weight is 373 g/mol. The van der Waals surface area contributed by atoms with Crippen molar-refractivity contribution in [2.24, 2.45) is 0 Å². The first-order valence-electron chi connectivity index (χ1n) is 7.67. The van der Waals surface area contributed by atoms with Crippen molar-refractivity contribution in [3.63, 3.8) is 0 Å². The van der Waals surface area contributed by atoms with Gasteiger partial charge in [-0.15, -0.1) is 16.4 Å². The van der Waals surface area contributed by atoms with Crippen molar-refractivity contribution in [3.05, 3.63) is 57.9 Å². The third-order valence-corrected chi connectivity index (χ3v) is 4.35. The molecular weight excluding hydrogens is 358 g/mol. The number of carbonyl (C=O) groups excluding carboxylic acids is 2. The summed E-state index contributed by atoms with van der Waals surface area (Å²) in [5.41, 5.74) is 0.595. The van der Waals surface area contributed by atoms with Crippen molar-refractivity contribution in [3.8, 4) is 10.8 Å². The van der Waals surface area contributed by atoms with Crippen LogP contribution in [-0.2, 0) is 16.1 Å². The number of carbonyl (C=O) groups is 2. The van der Waals surface area contributed by atoms with Crippen molar-refractivity contribution in [2.45, 2.75) is 13.0 Å². The van der Waals surface area contributed by atoms with Gasteiger partial charge in [0, 0.05) is 6.42 Å². The van der Waals surface area contributed by atoms with E-state index in [9.17, 15) is 14.4 Å². The van der Waals surface area contributed by atoms with Crippen LogP contribution in [0.25, 0.3) is 10.8 Å². The molecule has 1 amide bonds. The molecule has 2 aromatic heterocycles. The highest BCUT2D eigenvalue weighted by molar-refractivity contribution is 7.13. The van der Waals surface area contributed by atoms with Crippen LogP contribution >= 0.6 is 11.3 Å². The second-order valence-corrected chi connectivity index (χ2v) is 6.16. The van der Waals surface area contributed by atoms with E-state index in [0.717, 1.165) is 9.56 Å². The summed E-state index contributed by atoms with van der Waals surface area (Å²) < 4.78 is 10.9. The van der Waals surface area contributed by atoms with Crippen LogP contribution in [0.4, 0.5) is 5.69 Å². The normalized spacial score (nSPS) is 10.5. The minimum atomic E-state index is -0.629. The van der Waals surface area contributed by atoms with Gasteiger partial charge in [0.15, 0.2) is 0 Å². The van der Waals surface area contributed by atoms with Gasteiger partial charge in [-0.3, -0.25) is 4.79 Å². The molecule has 0 radical (unpaired) electrons. The summed E-state index contributed by atoms with van der Waals surface area (Å²) in [6.07, 6.45) is -0.00811. The molecule has 3 aromatic rings. The number of ether oxygens (including phenoxy) is 1. The smallest absolute Gasteiger partial charge is 0.437 e. The molecule has 0 fully saturated rings. The maximum atomic E-state index is 12.2. The van der Waals surface area contributed by atoms with Crippen molar-refractivity contribution in [1.82, 2.24) is 9.78 Å². The molecule has 9 heteroatoms. The quantitative estimate of drug-likeness (QED) is 0.666. The van der Waals surface area contributed by atoms with E-state index in [1.165, 1.54) is 18.4 Å². The minimum Gasteiger partial charge on any atom is -0.465 e. The number of nitrogens with zero attached hydrogens (tertiary/aromatic N) is 2. The number of aryl methyl sites for hydroxylation is 1. The fourth-order valence-electron chi connectivity index (χ4n) is 2.25. The van der Waals surface area contributed by atoms with Gasteiger partial charge in [0.25, 0.3) is 5.89 Å². The number of amides is 1. The van der Waals surface area contributed by atoms with Crippen LogP contribution in [0, 0.1) is 0 Å². The van der Waals surface area contributed by atoms with Crippen LogP contribution in [0.2, 0.25) is 0 Å². The second-order valence-electron chi connectivity index (χ2n) is 5.21. The number of esters is 1. The summed E-state index contributed by atoms with van der Waals surface area (Å²) in [6, 6.07) is 10.1. The fourth-order valence-corrected chi connectivity index (χ4v) is 2.89. The van der Waals surface area contributed by atoms with Crippen LogP contribution in [0.1, 0.15) is 16.8 Å². The Morgan fingerprint density at radius 3 is 2.81 bits per heavy atom. The Balaban J connectivity index is 1.65. The number of benzene rings is 1. The molecule has 0 aliphatic rings. The number of thiophene rings is 1. The lowest BCUT2D eigenvalue weighted by Crippen LogP contribution is -2.21. The van der Waals surface area contributed by atoms with E-state index in [1.54, 1.807) is 30.3 Å². The van der Waals surface area contributed by atoms with Gasteiger partial charge in [0.2, 0.25) is 5.91 Å². The predicted molar refractivity (Wildman–Crippen MR) is 95.1 cm³/mol. The Kier molecular flexibility index (Phi) is 5.28. The van der Waals surface area contributed by atoms with Crippen LogP contribution in [0.3, 0.4) is 0 Å². The summed E-state index contributed by atoms with van der Waals surface area (Å²) in [7, 11) is 1.27. The molecule has 0 saturated carbocycles. The van der Waals surface area contributed by atoms with Crippen molar-refractivity contribution < 1.29 is 18.7 Å². The van der Waals surface area contributed by atoms with Gasteiger partial charge in [0.05, 0.1) is 29.8 Å². The molecule has 0 aliphatic heterocycles. The molecule has 2 heterocycles. The zero-order chi connectivity index (χ0) is 18.5. The van der Waals surface area contributed by atoms with Crippen LogP contribution in [0.15, 0.2) is 51.0 Å².